The van der Waals surface area contributed by atoms with E-state index in [4.69, 9.17) is 14.2 Å². The van der Waals surface area contributed by atoms with E-state index < -0.39 is 23.3 Å². The van der Waals surface area contributed by atoms with Crippen molar-refractivity contribution in [1.82, 2.24) is 0 Å². The average Bonchev–Trinajstić information content (AvgIpc) is 3.43. The Labute approximate surface area is 409 Å². The molecule has 0 aromatic heterocycles. The maximum Gasteiger partial charge on any atom is 0.343 e. The van der Waals surface area contributed by atoms with E-state index in [-0.39, 0.29) is 0 Å². The summed E-state index contributed by atoms with van der Waals surface area (Å²) in [4.78, 5) is 39.7. The Morgan fingerprint density at radius 3 is 0.718 bits per heavy atom. The minimum absolute atomic E-state index is 0.345. The summed E-state index contributed by atoms with van der Waals surface area (Å²) in [6.45, 7) is 2.06. The van der Waals surface area contributed by atoms with Crippen LogP contribution in [-0.4, -0.2) is 17.9 Å². The van der Waals surface area contributed by atoms with Crippen molar-refractivity contribution in [3.05, 3.63) is 270 Å². The zero-order valence-corrected chi connectivity index (χ0v) is 38.1. The zero-order valence-electron chi connectivity index (χ0n) is 38.1. The molecule has 0 heterocycles. The number of hydrogen-bond donors (Lipinski definition) is 0. The summed E-state index contributed by atoms with van der Waals surface area (Å²) in [6, 6.07) is 70.0. The summed E-state index contributed by atoms with van der Waals surface area (Å²) < 4.78 is 17.4. The Morgan fingerprint density at radius 2 is 0.493 bits per heavy atom. The lowest BCUT2D eigenvalue weighted by atomic mass is 9.71. The smallest absolute Gasteiger partial charge is 0.343 e. The molecule has 344 valence electrons. The van der Waals surface area contributed by atoms with Gasteiger partial charge >= 0.3 is 17.9 Å². The molecule has 0 amide bonds. The Hall–Kier alpha value is -9.81. The number of benzene rings is 9. The van der Waals surface area contributed by atoms with Crippen LogP contribution in [0.15, 0.2) is 267 Å². The molecule has 9 rings (SSSR count). The summed E-state index contributed by atoms with van der Waals surface area (Å²) in [5.41, 5.74) is 6.74. The highest BCUT2D eigenvalue weighted by Crippen LogP contribution is 2.41. The van der Waals surface area contributed by atoms with Gasteiger partial charge in [-0.3, -0.25) is 0 Å². The number of esters is 3. The third-order valence-corrected chi connectivity index (χ3v) is 11.3. The molecule has 0 bridgehead atoms. The maximum atomic E-state index is 13.2. The first-order valence-corrected chi connectivity index (χ1v) is 22.4. The fraction of sp³-hybridized carbons (Fsp3) is 0.0339. The predicted molar refractivity (Wildman–Crippen MR) is 271 cm³/mol. The fourth-order valence-corrected chi connectivity index (χ4v) is 7.39. The molecule has 9 aromatic carbocycles. The molecule has 0 fully saturated rings. The van der Waals surface area contributed by atoms with Gasteiger partial charge in [0.2, 0.25) is 0 Å². The van der Waals surface area contributed by atoms with Crippen LogP contribution >= 0.6 is 0 Å². The first kappa shape index (κ1) is 46.3. The number of hydrogen-bond acceptors (Lipinski definition) is 12. The van der Waals surface area contributed by atoms with Crippen LogP contribution in [0.4, 0.5) is 34.1 Å². The number of azo groups is 3. The van der Waals surface area contributed by atoms with E-state index in [0.717, 1.165) is 33.8 Å². The molecule has 0 aliphatic carbocycles. The lowest BCUT2D eigenvalue weighted by molar-refractivity contribution is 0.0725. The van der Waals surface area contributed by atoms with Gasteiger partial charge in [0.15, 0.2) is 0 Å². The molecule has 0 spiro atoms. The second kappa shape index (κ2) is 21.9. The largest absolute Gasteiger partial charge is 0.423 e. The molecular weight excluding hydrogens is 889 g/mol. The predicted octanol–water partition coefficient (Wildman–Crippen LogP) is 15.9. The molecular formula is C59H42N6O6. The van der Waals surface area contributed by atoms with Gasteiger partial charge in [0.1, 0.15) is 17.2 Å². The van der Waals surface area contributed by atoms with E-state index in [9.17, 15) is 14.4 Å². The van der Waals surface area contributed by atoms with Gasteiger partial charge in [0, 0.05) is 5.41 Å². The summed E-state index contributed by atoms with van der Waals surface area (Å²) in [5.74, 6) is -0.557. The topological polar surface area (TPSA) is 153 Å². The van der Waals surface area contributed by atoms with Crippen LogP contribution in [0.5, 0.6) is 17.2 Å². The van der Waals surface area contributed by atoms with Crippen molar-refractivity contribution in [2.24, 2.45) is 30.7 Å². The lowest BCUT2D eigenvalue weighted by Gasteiger charge is -2.32. The first-order chi connectivity index (χ1) is 34.7. The van der Waals surface area contributed by atoms with Gasteiger partial charge in [-0.15, -0.1) is 0 Å². The van der Waals surface area contributed by atoms with E-state index in [1.165, 1.54) is 0 Å². The molecule has 9 aromatic rings. The van der Waals surface area contributed by atoms with Crippen LogP contribution in [0.25, 0.3) is 0 Å². The standard InChI is InChI=1S/C59H42N6O6/c1-59(44-23-35-53(36-24-44)69-56(66)41-17-29-50(30-18-41)63-60-47-11-5-2-6-12-47,45-25-37-54(38-26-45)70-57(67)42-19-31-51(32-20-42)64-61-48-13-7-3-8-14-48)46-27-39-55(40-28-46)71-58(68)43-21-33-52(34-22-43)65-62-49-15-9-4-10-16-49/h2-40H,1H3. The fourth-order valence-electron chi connectivity index (χ4n) is 7.39. The quantitative estimate of drug-likeness (QED) is 0.0432. The van der Waals surface area contributed by atoms with Crippen molar-refractivity contribution in [3.8, 4) is 17.2 Å². The third-order valence-electron chi connectivity index (χ3n) is 11.3. The van der Waals surface area contributed by atoms with Gasteiger partial charge in [0.05, 0.1) is 50.8 Å². The molecule has 0 atom stereocenters. The molecule has 12 heteroatoms. The van der Waals surface area contributed by atoms with Gasteiger partial charge in [-0.25, -0.2) is 14.4 Å². The van der Waals surface area contributed by atoms with Gasteiger partial charge in [-0.05, 0) is 169 Å². The van der Waals surface area contributed by atoms with E-state index in [0.29, 0.717) is 51.0 Å². The second-order valence-corrected chi connectivity index (χ2v) is 16.1. The normalized spacial score (nSPS) is 12.1. The van der Waals surface area contributed by atoms with E-state index >= 15 is 0 Å². The molecule has 0 aliphatic heterocycles. The summed E-state index contributed by atoms with van der Waals surface area (Å²) in [6.07, 6.45) is 0. The Morgan fingerprint density at radius 1 is 0.282 bits per heavy atom. The number of carbonyl (C=O) groups excluding carboxylic acids is 3. The molecule has 0 N–H and O–H groups in total. The van der Waals surface area contributed by atoms with Crippen molar-refractivity contribution in [2.45, 2.75) is 12.3 Å². The summed E-state index contributed by atoms with van der Waals surface area (Å²) >= 11 is 0. The number of rotatable bonds is 15. The highest BCUT2D eigenvalue weighted by atomic mass is 16.5. The van der Waals surface area contributed by atoms with Crippen LogP contribution in [0, 0.1) is 0 Å². The highest BCUT2D eigenvalue weighted by Gasteiger charge is 2.32. The third kappa shape index (κ3) is 11.8. The van der Waals surface area contributed by atoms with Gasteiger partial charge in [-0.1, -0.05) is 91.0 Å². The molecule has 12 nitrogen and oxygen atoms in total. The first-order valence-electron chi connectivity index (χ1n) is 22.4. The highest BCUT2D eigenvalue weighted by molar-refractivity contribution is 5.92. The Balaban J connectivity index is 0.915. The molecule has 0 saturated carbocycles. The summed E-state index contributed by atoms with van der Waals surface area (Å²) in [5, 5.41) is 25.5. The SMILES string of the molecule is CC(c1ccc(OC(=O)c2ccc(N=Nc3ccccc3)cc2)cc1)(c1ccc(OC(=O)c2ccc(N=Nc3ccccc3)cc2)cc1)c1ccc(OC(=O)c2ccc(N=Nc3ccccc3)cc2)cc1. The van der Waals surface area contributed by atoms with Crippen molar-refractivity contribution >= 4 is 52.0 Å². The van der Waals surface area contributed by atoms with E-state index in [1.807, 2.05) is 127 Å². The maximum absolute atomic E-state index is 13.2. The minimum Gasteiger partial charge on any atom is -0.423 e. The molecule has 0 saturated heterocycles. The van der Waals surface area contributed by atoms with Crippen molar-refractivity contribution in [1.29, 1.82) is 0 Å². The van der Waals surface area contributed by atoms with Crippen LogP contribution in [0.2, 0.25) is 0 Å². The monoisotopic (exact) mass is 930 g/mol. The molecule has 71 heavy (non-hydrogen) atoms. The molecule has 0 radical (unpaired) electrons. The van der Waals surface area contributed by atoms with Gasteiger partial charge in [-0.2, -0.15) is 30.7 Å². The van der Waals surface area contributed by atoms with E-state index in [1.54, 1.807) is 109 Å². The zero-order chi connectivity index (χ0) is 48.8. The van der Waals surface area contributed by atoms with Crippen LogP contribution in [0.3, 0.4) is 0 Å². The number of nitrogens with zero attached hydrogens (tertiary/aromatic N) is 6. The van der Waals surface area contributed by atoms with Crippen molar-refractivity contribution in [3.63, 3.8) is 0 Å². The average molecular weight is 931 g/mol. The number of ether oxygens (including phenoxy) is 3. The van der Waals surface area contributed by atoms with Crippen LogP contribution in [-0.2, 0) is 5.41 Å². The van der Waals surface area contributed by atoms with Crippen LogP contribution < -0.4 is 14.2 Å². The van der Waals surface area contributed by atoms with Gasteiger partial charge in [0.25, 0.3) is 0 Å². The van der Waals surface area contributed by atoms with E-state index in [2.05, 4.69) is 37.6 Å². The van der Waals surface area contributed by atoms with Crippen molar-refractivity contribution < 1.29 is 28.6 Å². The summed E-state index contributed by atoms with van der Waals surface area (Å²) in [7, 11) is 0. The number of carbonyl (C=O) groups is 3. The van der Waals surface area contributed by atoms with Crippen molar-refractivity contribution in [2.75, 3.05) is 0 Å². The van der Waals surface area contributed by atoms with Gasteiger partial charge < -0.3 is 14.2 Å². The second-order valence-electron chi connectivity index (χ2n) is 16.1. The molecule has 0 aliphatic rings. The Kier molecular flexibility index (Phi) is 14.3. The lowest BCUT2D eigenvalue weighted by Crippen LogP contribution is -2.25. The van der Waals surface area contributed by atoms with Crippen LogP contribution in [0.1, 0.15) is 54.7 Å². The minimum atomic E-state index is -0.813. The Bertz CT molecular complexity index is 2970. The molecule has 0 unspecified atom stereocenters.